The first-order valence-corrected chi connectivity index (χ1v) is 11.0. The third-order valence-electron chi connectivity index (χ3n) is 6.31. The van der Waals surface area contributed by atoms with Gasteiger partial charge in [-0.1, -0.05) is 24.3 Å². The number of nitrogens with zero attached hydrogens (tertiary/aromatic N) is 4. The largest absolute Gasteiger partial charge is 0.497 e. The van der Waals surface area contributed by atoms with Crippen LogP contribution in [0.15, 0.2) is 60.9 Å². The summed E-state index contributed by atoms with van der Waals surface area (Å²) in [6, 6.07) is 19.7. The van der Waals surface area contributed by atoms with Crippen LogP contribution in [0.25, 0.3) is 38.9 Å². The van der Waals surface area contributed by atoms with E-state index in [-0.39, 0.29) is 0 Å². The van der Waals surface area contributed by atoms with Crippen molar-refractivity contribution in [2.45, 2.75) is 25.3 Å². The Balaban J connectivity index is 1.50. The molecule has 0 saturated carbocycles. The molecule has 1 aliphatic heterocycles. The van der Waals surface area contributed by atoms with Crippen LogP contribution in [0.4, 0.5) is 0 Å². The van der Waals surface area contributed by atoms with Crippen molar-refractivity contribution >= 4 is 21.7 Å². The van der Waals surface area contributed by atoms with Gasteiger partial charge in [0.15, 0.2) is 0 Å². The molecular weight excluding hydrogens is 400 g/mol. The van der Waals surface area contributed by atoms with Crippen molar-refractivity contribution in [3.8, 4) is 23.0 Å². The predicted octanol–water partition coefficient (Wildman–Crippen LogP) is 4.27. The van der Waals surface area contributed by atoms with Crippen LogP contribution in [0.1, 0.15) is 18.4 Å². The number of aromatic nitrogens is 5. The molecule has 3 aromatic carbocycles. The molecule has 0 radical (unpaired) electrons. The van der Waals surface area contributed by atoms with Crippen LogP contribution < -0.4 is 10.1 Å². The fourth-order valence-corrected chi connectivity index (χ4v) is 4.68. The van der Waals surface area contributed by atoms with E-state index in [9.17, 15) is 0 Å². The van der Waals surface area contributed by atoms with Crippen molar-refractivity contribution in [1.29, 1.82) is 0 Å². The van der Waals surface area contributed by atoms with Gasteiger partial charge in [-0.15, -0.1) is 0 Å². The van der Waals surface area contributed by atoms with Crippen LogP contribution in [-0.4, -0.2) is 44.7 Å². The van der Waals surface area contributed by atoms with Gasteiger partial charge in [0.1, 0.15) is 17.8 Å². The fourth-order valence-electron chi connectivity index (χ4n) is 4.68. The number of rotatable bonds is 5. The minimum absolute atomic E-state index is 0.552. The third-order valence-corrected chi connectivity index (χ3v) is 6.31. The summed E-state index contributed by atoms with van der Waals surface area (Å²) in [6.07, 6.45) is 5.02. The van der Waals surface area contributed by atoms with Crippen molar-refractivity contribution < 1.29 is 4.74 Å². The number of hydrogen-bond acceptors (Lipinski definition) is 5. The van der Waals surface area contributed by atoms with E-state index in [0.717, 1.165) is 51.6 Å². The number of aromatic amines is 1. The van der Waals surface area contributed by atoms with Gasteiger partial charge in [0.2, 0.25) is 5.95 Å². The zero-order valence-corrected chi connectivity index (χ0v) is 17.9. The molecule has 5 aromatic rings. The van der Waals surface area contributed by atoms with Gasteiger partial charge in [-0.05, 0) is 72.5 Å². The molecule has 0 amide bonds. The molecule has 6 rings (SSSR count). The maximum absolute atomic E-state index is 5.37. The molecule has 0 spiro atoms. The van der Waals surface area contributed by atoms with Crippen molar-refractivity contribution in [3.05, 3.63) is 66.5 Å². The lowest BCUT2D eigenvalue weighted by Gasteiger charge is -2.10. The smallest absolute Gasteiger partial charge is 0.246 e. The number of benzene rings is 3. The van der Waals surface area contributed by atoms with Crippen LogP contribution >= 0.6 is 0 Å². The van der Waals surface area contributed by atoms with E-state index in [1.807, 2.05) is 10.7 Å². The molecule has 1 fully saturated rings. The van der Waals surface area contributed by atoms with Gasteiger partial charge in [0.25, 0.3) is 0 Å². The highest BCUT2D eigenvalue weighted by atomic mass is 16.5. The first-order chi connectivity index (χ1) is 15.8. The highest BCUT2D eigenvalue weighted by Gasteiger charge is 2.19. The van der Waals surface area contributed by atoms with Crippen LogP contribution in [0.2, 0.25) is 0 Å². The van der Waals surface area contributed by atoms with E-state index in [1.54, 1.807) is 7.11 Å². The summed E-state index contributed by atoms with van der Waals surface area (Å²) in [7, 11) is 1.69. The minimum atomic E-state index is 0.552. The first-order valence-electron chi connectivity index (χ1n) is 11.0. The molecule has 0 aliphatic carbocycles. The molecular formula is C25H24N6O. The van der Waals surface area contributed by atoms with Crippen LogP contribution in [0, 0.1) is 0 Å². The predicted molar refractivity (Wildman–Crippen MR) is 125 cm³/mol. The van der Waals surface area contributed by atoms with Gasteiger partial charge in [0.05, 0.1) is 12.6 Å². The van der Waals surface area contributed by atoms with Crippen LogP contribution in [0.3, 0.4) is 0 Å². The average Bonchev–Trinajstić information content (AvgIpc) is 3.59. The summed E-state index contributed by atoms with van der Waals surface area (Å²) < 4.78 is 7.21. The standard InChI is InChI=1S/C25H24N6O/c1-32-21-8-7-17-13-19(6-5-18(17)14-21)24-22-12-16(11-20-3-2-10-26-20)4-9-23(22)31(30-24)25-27-15-28-29-25/h4-9,12-15,20,26H,2-3,10-11H2,1H3,(H,27,28,29). The van der Waals surface area contributed by atoms with Gasteiger partial charge in [-0.25, -0.2) is 5.10 Å². The van der Waals surface area contributed by atoms with Gasteiger partial charge in [-0.2, -0.15) is 19.9 Å². The topological polar surface area (TPSA) is 80.7 Å². The molecule has 0 bridgehead atoms. The lowest BCUT2D eigenvalue weighted by Crippen LogP contribution is -2.23. The quantitative estimate of drug-likeness (QED) is 0.440. The summed E-state index contributed by atoms with van der Waals surface area (Å²) in [5.74, 6) is 1.47. The molecule has 160 valence electrons. The monoisotopic (exact) mass is 424 g/mol. The molecule has 1 aliphatic rings. The highest BCUT2D eigenvalue weighted by molar-refractivity contribution is 5.97. The van der Waals surface area contributed by atoms with Gasteiger partial charge in [0, 0.05) is 17.0 Å². The molecule has 2 N–H and O–H groups in total. The number of fused-ring (bicyclic) bond motifs is 2. The molecule has 1 unspecified atom stereocenters. The summed E-state index contributed by atoms with van der Waals surface area (Å²) in [5, 5.41) is 18.9. The summed E-state index contributed by atoms with van der Waals surface area (Å²) in [5.41, 5.74) is 4.34. The lowest BCUT2D eigenvalue weighted by molar-refractivity contribution is 0.415. The molecule has 3 heterocycles. The second kappa shape index (κ2) is 7.76. The second-order valence-electron chi connectivity index (χ2n) is 8.35. The Hall–Kier alpha value is -3.71. The van der Waals surface area contributed by atoms with Crippen molar-refractivity contribution in [2.75, 3.05) is 13.7 Å². The number of ether oxygens (including phenoxy) is 1. The Kier molecular flexibility index (Phi) is 4.61. The molecule has 1 saturated heterocycles. The fraction of sp³-hybridized carbons (Fsp3) is 0.240. The second-order valence-corrected chi connectivity index (χ2v) is 8.35. The number of H-pyrrole nitrogens is 1. The normalized spacial score (nSPS) is 16.2. The SMILES string of the molecule is COc1ccc2cc(-c3nn(-c4ncn[nH]4)c4ccc(CC5CCCN5)cc34)ccc2c1. The summed E-state index contributed by atoms with van der Waals surface area (Å²) >= 11 is 0. The van der Waals surface area contributed by atoms with E-state index in [4.69, 9.17) is 9.84 Å². The Morgan fingerprint density at radius 1 is 1.06 bits per heavy atom. The molecule has 1 atom stereocenters. The summed E-state index contributed by atoms with van der Waals surface area (Å²) in [4.78, 5) is 4.33. The number of methoxy groups -OCH3 is 1. The van der Waals surface area contributed by atoms with Gasteiger partial charge < -0.3 is 10.1 Å². The minimum Gasteiger partial charge on any atom is -0.497 e. The Labute approximate surface area is 185 Å². The maximum Gasteiger partial charge on any atom is 0.246 e. The average molecular weight is 425 g/mol. The van der Waals surface area contributed by atoms with Gasteiger partial charge in [-0.3, -0.25) is 0 Å². The van der Waals surface area contributed by atoms with E-state index in [1.165, 1.54) is 24.7 Å². The molecule has 7 heteroatoms. The Bertz CT molecular complexity index is 1400. The highest BCUT2D eigenvalue weighted by Crippen LogP contribution is 2.33. The maximum atomic E-state index is 5.37. The molecule has 2 aromatic heterocycles. The van der Waals surface area contributed by atoms with Crippen molar-refractivity contribution in [1.82, 2.24) is 30.3 Å². The van der Waals surface area contributed by atoms with Crippen molar-refractivity contribution in [3.63, 3.8) is 0 Å². The van der Waals surface area contributed by atoms with Gasteiger partial charge >= 0.3 is 0 Å². The zero-order chi connectivity index (χ0) is 21.5. The van der Waals surface area contributed by atoms with E-state index in [0.29, 0.717) is 12.0 Å². The Morgan fingerprint density at radius 2 is 1.97 bits per heavy atom. The van der Waals surface area contributed by atoms with E-state index >= 15 is 0 Å². The lowest BCUT2D eigenvalue weighted by atomic mass is 9.99. The Morgan fingerprint density at radius 3 is 2.78 bits per heavy atom. The third kappa shape index (κ3) is 3.31. The molecule has 32 heavy (non-hydrogen) atoms. The number of hydrogen-bond donors (Lipinski definition) is 2. The van der Waals surface area contributed by atoms with E-state index in [2.05, 4.69) is 69.0 Å². The number of nitrogens with one attached hydrogen (secondary N) is 2. The summed E-state index contributed by atoms with van der Waals surface area (Å²) in [6.45, 7) is 1.11. The van der Waals surface area contributed by atoms with E-state index < -0.39 is 0 Å². The van der Waals surface area contributed by atoms with Crippen molar-refractivity contribution in [2.24, 2.45) is 0 Å². The van der Waals surface area contributed by atoms with Crippen LogP contribution in [-0.2, 0) is 6.42 Å². The first kappa shape index (κ1) is 19.0. The zero-order valence-electron chi connectivity index (χ0n) is 17.9. The molecule has 7 nitrogen and oxygen atoms in total. The van der Waals surface area contributed by atoms with Crippen LogP contribution in [0.5, 0.6) is 5.75 Å².